The molecule has 7 nitrogen and oxygen atoms in total. The second kappa shape index (κ2) is 8.34. The van der Waals surface area contributed by atoms with Crippen LogP contribution in [0.2, 0.25) is 0 Å². The van der Waals surface area contributed by atoms with E-state index in [1.54, 1.807) is 12.4 Å². The fourth-order valence-electron chi connectivity index (χ4n) is 4.40. The van der Waals surface area contributed by atoms with E-state index in [0.29, 0.717) is 11.4 Å². The Labute approximate surface area is 186 Å². The third-order valence-corrected chi connectivity index (χ3v) is 6.02. The van der Waals surface area contributed by atoms with Crippen LogP contribution in [0, 0.1) is 6.92 Å². The number of hydrogen-bond donors (Lipinski definition) is 3. The number of benzene rings is 2. The quantitative estimate of drug-likeness (QED) is 0.437. The molecule has 7 heteroatoms. The number of carbonyl (C=O) groups excluding carboxylic acids is 1. The van der Waals surface area contributed by atoms with Gasteiger partial charge in [0, 0.05) is 47.8 Å². The minimum absolute atomic E-state index is 0.246. The number of rotatable bonds is 4. The van der Waals surface area contributed by atoms with E-state index in [9.17, 15) is 4.79 Å². The lowest BCUT2D eigenvalue weighted by Crippen LogP contribution is -2.29. The Balaban J connectivity index is 1.40. The highest BCUT2D eigenvalue weighted by molar-refractivity contribution is 6.11. The molecule has 4 aromatic rings. The van der Waals surface area contributed by atoms with Gasteiger partial charge in [0.15, 0.2) is 5.69 Å². The van der Waals surface area contributed by atoms with E-state index < -0.39 is 0 Å². The maximum atomic E-state index is 13.1. The van der Waals surface area contributed by atoms with Crippen molar-refractivity contribution in [1.82, 2.24) is 15.2 Å². The van der Waals surface area contributed by atoms with E-state index in [1.807, 2.05) is 36.4 Å². The molecule has 32 heavy (non-hydrogen) atoms. The van der Waals surface area contributed by atoms with Crippen molar-refractivity contribution in [2.24, 2.45) is 0 Å². The van der Waals surface area contributed by atoms with Crippen LogP contribution in [-0.2, 0) is 0 Å². The zero-order valence-electron chi connectivity index (χ0n) is 18.1. The molecule has 1 amide bonds. The first-order valence-corrected chi connectivity index (χ1v) is 10.9. The Hall–Kier alpha value is -3.87. The highest BCUT2D eigenvalue weighted by atomic mass is 16.1. The number of pyridine rings is 1. The van der Waals surface area contributed by atoms with Crippen molar-refractivity contribution in [2.45, 2.75) is 26.2 Å². The molecule has 4 N–H and O–H groups in total. The van der Waals surface area contributed by atoms with Gasteiger partial charge in [0.05, 0.1) is 11.2 Å². The molecule has 0 spiro atoms. The van der Waals surface area contributed by atoms with E-state index in [4.69, 9.17) is 5.73 Å². The first-order valence-electron chi connectivity index (χ1n) is 10.9. The molecule has 2 aromatic carbocycles. The first-order chi connectivity index (χ1) is 15.6. The number of piperidine rings is 1. The van der Waals surface area contributed by atoms with Crippen LogP contribution in [0.4, 0.5) is 17.1 Å². The number of nitrogen functional groups attached to an aromatic ring is 1. The van der Waals surface area contributed by atoms with Crippen LogP contribution in [0.1, 0.15) is 35.3 Å². The lowest BCUT2D eigenvalue weighted by molar-refractivity contribution is 0.102. The highest BCUT2D eigenvalue weighted by Crippen LogP contribution is 2.28. The fourth-order valence-corrected chi connectivity index (χ4v) is 4.40. The molecule has 1 saturated heterocycles. The largest absolute Gasteiger partial charge is 0.397 e. The summed E-state index contributed by atoms with van der Waals surface area (Å²) in [7, 11) is 0. The van der Waals surface area contributed by atoms with Gasteiger partial charge in [-0.1, -0.05) is 6.07 Å². The minimum atomic E-state index is -0.246. The monoisotopic (exact) mass is 426 g/mol. The second-order valence-electron chi connectivity index (χ2n) is 8.34. The van der Waals surface area contributed by atoms with Crippen molar-refractivity contribution in [3.05, 3.63) is 66.1 Å². The molecule has 0 radical (unpaired) electrons. The highest BCUT2D eigenvalue weighted by Gasteiger charge is 2.17. The molecule has 0 unspecified atom stereocenters. The minimum Gasteiger partial charge on any atom is -0.397 e. The summed E-state index contributed by atoms with van der Waals surface area (Å²) in [4.78, 5) is 19.6. The Morgan fingerprint density at radius 1 is 1.03 bits per heavy atom. The Kier molecular flexibility index (Phi) is 5.23. The summed E-state index contributed by atoms with van der Waals surface area (Å²) in [5.74, 6) is -0.246. The molecule has 0 bridgehead atoms. The molecule has 0 atom stereocenters. The predicted molar refractivity (Wildman–Crippen MR) is 129 cm³/mol. The van der Waals surface area contributed by atoms with Crippen molar-refractivity contribution in [3.8, 4) is 11.1 Å². The number of nitrogens with two attached hydrogens (primary N) is 1. The van der Waals surface area contributed by atoms with Gasteiger partial charge >= 0.3 is 0 Å². The number of amides is 1. The molecule has 1 aliphatic rings. The Morgan fingerprint density at radius 3 is 2.66 bits per heavy atom. The summed E-state index contributed by atoms with van der Waals surface area (Å²) in [6, 6.07) is 13.8. The lowest BCUT2D eigenvalue weighted by atomic mass is 10.0. The topological polar surface area (TPSA) is 99.9 Å². The molecule has 5 rings (SSSR count). The summed E-state index contributed by atoms with van der Waals surface area (Å²) in [5, 5.41) is 11.0. The van der Waals surface area contributed by atoms with Gasteiger partial charge in [-0.3, -0.25) is 14.9 Å². The number of H-pyrrole nitrogens is 1. The Bertz CT molecular complexity index is 1290. The van der Waals surface area contributed by atoms with Crippen LogP contribution in [0.3, 0.4) is 0 Å². The predicted octanol–water partition coefficient (Wildman–Crippen LogP) is 4.76. The molecular formula is C25H26N6O. The summed E-state index contributed by atoms with van der Waals surface area (Å²) >= 11 is 0. The average molecular weight is 427 g/mol. The Morgan fingerprint density at radius 2 is 1.88 bits per heavy atom. The van der Waals surface area contributed by atoms with Crippen molar-refractivity contribution in [2.75, 3.05) is 29.0 Å². The van der Waals surface area contributed by atoms with E-state index in [1.165, 1.54) is 24.9 Å². The van der Waals surface area contributed by atoms with Gasteiger partial charge in [-0.15, -0.1) is 0 Å². The molecule has 0 aliphatic carbocycles. The maximum Gasteiger partial charge on any atom is 0.276 e. The number of aromatic amines is 1. The molecule has 0 saturated carbocycles. The van der Waals surface area contributed by atoms with E-state index >= 15 is 0 Å². The van der Waals surface area contributed by atoms with Gasteiger partial charge in [-0.2, -0.15) is 5.10 Å². The second-order valence-corrected chi connectivity index (χ2v) is 8.34. The van der Waals surface area contributed by atoms with Crippen LogP contribution < -0.4 is 16.0 Å². The van der Waals surface area contributed by atoms with Gasteiger partial charge in [-0.05, 0) is 73.7 Å². The van der Waals surface area contributed by atoms with E-state index in [0.717, 1.165) is 46.4 Å². The molecule has 162 valence electrons. The van der Waals surface area contributed by atoms with Gasteiger partial charge in [0.25, 0.3) is 5.91 Å². The van der Waals surface area contributed by atoms with Gasteiger partial charge in [0.1, 0.15) is 0 Å². The molecule has 1 aliphatic heterocycles. The van der Waals surface area contributed by atoms with Crippen molar-refractivity contribution in [3.63, 3.8) is 0 Å². The van der Waals surface area contributed by atoms with Crippen LogP contribution in [0.5, 0.6) is 0 Å². The third kappa shape index (κ3) is 3.89. The number of aromatic nitrogens is 3. The zero-order chi connectivity index (χ0) is 22.1. The normalized spacial score (nSPS) is 14.0. The van der Waals surface area contributed by atoms with E-state index in [2.05, 4.69) is 38.4 Å². The van der Waals surface area contributed by atoms with Crippen molar-refractivity contribution < 1.29 is 4.79 Å². The third-order valence-electron chi connectivity index (χ3n) is 6.02. The molecule has 2 aromatic heterocycles. The summed E-state index contributed by atoms with van der Waals surface area (Å²) in [6.45, 7) is 4.28. The van der Waals surface area contributed by atoms with Gasteiger partial charge in [0.2, 0.25) is 0 Å². The van der Waals surface area contributed by atoms with Crippen molar-refractivity contribution >= 4 is 33.9 Å². The zero-order valence-corrected chi connectivity index (χ0v) is 18.1. The lowest BCUT2D eigenvalue weighted by Gasteiger charge is -2.30. The summed E-state index contributed by atoms with van der Waals surface area (Å²) in [6.07, 6.45) is 7.13. The standard InChI is InChI=1S/C25H26N6O/c1-16-11-20(6-8-23(16)31-9-3-2-4-10-31)28-25(32)24-21-13-17(5-7-22(21)29-30-24)18-12-19(26)15-27-14-18/h5-8,11-15H,2-4,9-10,26H2,1H3,(H,28,32)(H,29,30). The molecule has 1 fully saturated rings. The molecule has 3 heterocycles. The number of anilines is 3. The van der Waals surface area contributed by atoms with E-state index in [-0.39, 0.29) is 5.91 Å². The number of fused-ring (bicyclic) bond motifs is 1. The smallest absolute Gasteiger partial charge is 0.276 e. The van der Waals surface area contributed by atoms with Crippen LogP contribution in [-0.4, -0.2) is 34.2 Å². The van der Waals surface area contributed by atoms with Crippen molar-refractivity contribution in [1.29, 1.82) is 0 Å². The number of carbonyl (C=O) groups is 1. The number of hydrogen-bond acceptors (Lipinski definition) is 5. The van der Waals surface area contributed by atoms with Crippen LogP contribution in [0.15, 0.2) is 54.9 Å². The first kappa shape index (κ1) is 20.1. The molecular weight excluding hydrogens is 400 g/mol. The fraction of sp³-hybridized carbons (Fsp3) is 0.240. The van der Waals surface area contributed by atoms with Crippen LogP contribution in [0.25, 0.3) is 22.0 Å². The average Bonchev–Trinajstić information content (AvgIpc) is 3.23. The number of aryl methyl sites for hydroxylation is 1. The summed E-state index contributed by atoms with van der Waals surface area (Å²) in [5.41, 5.74) is 12.6. The summed E-state index contributed by atoms with van der Waals surface area (Å²) < 4.78 is 0. The van der Waals surface area contributed by atoms with Crippen LogP contribution >= 0.6 is 0 Å². The van der Waals surface area contributed by atoms with Gasteiger partial charge < -0.3 is 16.0 Å². The van der Waals surface area contributed by atoms with Gasteiger partial charge in [-0.25, -0.2) is 0 Å². The maximum absolute atomic E-state index is 13.1. The SMILES string of the molecule is Cc1cc(NC(=O)c2n[nH]c3ccc(-c4cncc(N)c4)cc23)ccc1N1CCCCC1. The number of nitrogens with zero attached hydrogens (tertiary/aromatic N) is 3. The number of nitrogens with one attached hydrogen (secondary N) is 2.